The summed E-state index contributed by atoms with van der Waals surface area (Å²) in [5.74, 6) is 0.297. The molecule has 0 aromatic heterocycles. The lowest BCUT2D eigenvalue weighted by Gasteiger charge is -2.65. The Kier molecular flexibility index (Phi) is 3.54. The summed E-state index contributed by atoms with van der Waals surface area (Å²) in [5, 5.41) is 0. The molecular weight excluding hydrogens is 380 g/mol. The van der Waals surface area contributed by atoms with E-state index in [1.807, 2.05) is 0 Å². The van der Waals surface area contributed by atoms with Crippen LogP contribution >= 0.6 is 0 Å². The molecule has 5 nitrogen and oxygen atoms in total. The molecule has 5 heteroatoms. The van der Waals surface area contributed by atoms with Gasteiger partial charge >= 0.3 is 17.9 Å². The van der Waals surface area contributed by atoms with Gasteiger partial charge in [0.05, 0.1) is 24.4 Å². The zero-order valence-electron chi connectivity index (χ0n) is 18.4. The first-order chi connectivity index (χ1) is 14.2. The predicted octanol–water partition coefficient (Wildman–Crippen LogP) is 3.91. The molecule has 6 aliphatic carbocycles. The number of fused-ring (bicyclic) bond motifs is 1. The van der Waals surface area contributed by atoms with Crippen LogP contribution in [0.15, 0.2) is 11.6 Å². The van der Waals surface area contributed by atoms with Gasteiger partial charge in [-0.3, -0.25) is 14.4 Å². The van der Waals surface area contributed by atoms with Crippen molar-refractivity contribution in [3.8, 4) is 0 Å². The molecule has 4 bridgehead atoms. The van der Waals surface area contributed by atoms with Gasteiger partial charge in [0, 0.05) is 5.41 Å². The van der Waals surface area contributed by atoms with Crippen LogP contribution in [0.1, 0.15) is 59.3 Å². The monoisotopic (exact) mass is 412 g/mol. The second-order valence-electron chi connectivity index (χ2n) is 11.6. The number of carbonyl (C=O) groups is 3. The molecule has 10 atom stereocenters. The molecular formula is C25H32O5. The fraction of sp³-hybridized carbons (Fsp3) is 0.800. The summed E-state index contributed by atoms with van der Waals surface area (Å²) < 4.78 is 10.6. The Morgan fingerprint density at radius 2 is 1.90 bits per heavy atom. The molecule has 7 aliphatic rings. The quantitative estimate of drug-likeness (QED) is 0.371. The van der Waals surface area contributed by atoms with Crippen LogP contribution in [-0.2, 0) is 23.9 Å². The van der Waals surface area contributed by atoms with Crippen LogP contribution in [0.4, 0.5) is 0 Å². The average molecular weight is 413 g/mol. The standard InChI is InChI=1S/C25H32O5/c1-12-14-11-25-9-6-15-23(2,7-5-8-24(15,3)22(28)29-4)16(25)10-13(14)17(12)18-19(25)21(27)30-20(18)26/h11-13,15-19H,5-10H2,1-4H3. The highest BCUT2D eigenvalue weighted by Crippen LogP contribution is 2.76. The van der Waals surface area contributed by atoms with Crippen molar-refractivity contribution in [2.45, 2.75) is 59.3 Å². The van der Waals surface area contributed by atoms with Crippen molar-refractivity contribution in [3.63, 3.8) is 0 Å². The number of hydrogen-bond acceptors (Lipinski definition) is 5. The van der Waals surface area contributed by atoms with Crippen molar-refractivity contribution in [2.24, 2.45) is 57.7 Å². The molecule has 162 valence electrons. The summed E-state index contributed by atoms with van der Waals surface area (Å²) in [6.07, 6.45) is 8.22. The Morgan fingerprint density at radius 3 is 2.63 bits per heavy atom. The largest absolute Gasteiger partial charge is 0.469 e. The molecule has 1 spiro atoms. The fourth-order valence-electron chi connectivity index (χ4n) is 9.88. The van der Waals surface area contributed by atoms with Crippen molar-refractivity contribution in [3.05, 3.63) is 11.6 Å². The summed E-state index contributed by atoms with van der Waals surface area (Å²) >= 11 is 0. The van der Waals surface area contributed by atoms with Crippen molar-refractivity contribution >= 4 is 17.9 Å². The van der Waals surface area contributed by atoms with Crippen LogP contribution < -0.4 is 0 Å². The second-order valence-corrected chi connectivity index (χ2v) is 11.6. The molecule has 4 saturated carbocycles. The molecule has 0 aromatic carbocycles. The van der Waals surface area contributed by atoms with E-state index >= 15 is 0 Å². The summed E-state index contributed by atoms with van der Waals surface area (Å²) in [4.78, 5) is 38.8. The maximum atomic E-state index is 13.1. The number of hydrogen-bond donors (Lipinski definition) is 0. The molecule has 1 heterocycles. The second kappa shape index (κ2) is 5.58. The van der Waals surface area contributed by atoms with E-state index in [1.54, 1.807) is 0 Å². The van der Waals surface area contributed by atoms with E-state index in [4.69, 9.17) is 9.47 Å². The summed E-state index contributed by atoms with van der Waals surface area (Å²) in [7, 11) is 1.50. The van der Waals surface area contributed by atoms with Crippen molar-refractivity contribution in [1.29, 1.82) is 0 Å². The van der Waals surface area contributed by atoms with E-state index in [-0.39, 0.29) is 52.4 Å². The zero-order valence-corrected chi connectivity index (χ0v) is 18.4. The lowest BCUT2D eigenvalue weighted by Crippen LogP contribution is -2.61. The number of carbonyl (C=O) groups excluding carboxylic acids is 3. The van der Waals surface area contributed by atoms with Gasteiger partial charge in [-0.05, 0) is 74.0 Å². The summed E-state index contributed by atoms with van der Waals surface area (Å²) in [6.45, 7) is 6.69. The van der Waals surface area contributed by atoms with Crippen molar-refractivity contribution in [1.82, 2.24) is 0 Å². The number of rotatable bonds is 1. The highest BCUT2D eigenvalue weighted by atomic mass is 16.6. The molecule has 7 rings (SSSR count). The highest BCUT2D eigenvalue weighted by molar-refractivity contribution is 5.98. The van der Waals surface area contributed by atoms with Crippen molar-refractivity contribution in [2.75, 3.05) is 7.11 Å². The third kappa shape index (κ3) is 1.86. The van der Waals surface area contributed by atoms with Crippen LogP contribution in [0.25, 0.3) is 0 Å². The summed E-state index contributed by atoms with van der Waals surface area (Å²) in [5.41, 5.74) is 0.689. The van der Waals surface area contributed by atoms with Gasteiger partial charge in [0.15, 0.2) is 0 Å². The molecule has 1 saturated heterocycles. The number of methoxy groups -OCH3 is 1. The predicted molar refractivity (Wildman–Crippen MR) is 108 cm³/mol. The van der Waals surface area contributed by atoms with Gasteiger partial charge in [0.1, 0.15) is 0 Å². The number of esters is 3. The van der Waals surface area contributed by atoms with Crippen LogP contribution in [0.5, 0.6) is 0 Å². The average Bonchev–Trinajstić information content (AvgIpc) is 2.84. The minimum Gasteiger partial charge on any atom is -0.469 e. The van der Waals surface area contributed by atoms with Crippen LogP contribution in [0, 0.1) is 57.7 Å². The third-order valence-electron chi connectivity index (χ3n) is 10.9. The topological polar surface area (TPSA) is 69.7 Å². The molecule has 1 aliphatic heterocycles. The lowest BCUT2D eigenvalue weighted by atomic mass is 9.38. The van der Waals surface area contributed by atoms with Gasteiger partial charge in [-0.1, -0.05) is 31.9 Å². The first-order valence-electron chi connectivity index (χ1n) is 11.8. The minimum absolute atomic E-state index is 0.0361. The maximum absolute atomic E-state index is 13.1. The maximum Gasteiger partial charge on any atom is 0.318 e. The van der Waals surface area contributed by atoms with Gasteiger partial charge in [-0.15, -0.1) is 0 Å². The Hall–Kier alpha value is -1.65. The highest BCUT2D eigenvalue weighted by Gasteiger charge is 2.74. The number of allylic oxidation sites excluding steroid dienone is 2. The molecule has 0 amide bonds. The first-order valence-corrected chi connectivity index (χ1v) is 11.8. The molecule has 0 radical (unpaired) electrons. The van der Waals surface area contributed by atoms with E-state index in [2.05, 4.69) is 26.8 Å². The molecule has 10 unspecified atom stereocenters. The van der Waals surface area contributed by atoms with Gasteiger partial charge in [-0.2, -0.15) is 0 Å². The Balaban J connectivity index is 1.51. The van der Waals surface area contributed by atoms with Gasteiger partial charge < -0.3 is 9.47 Å². The summed E-state index contributed by atoms with van der Waals surface area (Å²) in [6, 6.07) is 0. The van der Waals surface area contributed by atoms with Gasteiger partial charge in [0.25, 0.3) is 0 Å². The van der Waals surface area contributed by atoms with Gasteiger partial charge in [-0.25, -0.2) is 0 Å². The zero-order chi connectivity index (χ0) is 21.2. The Labute approximate surface area is 177 Å². The van der Waals surface area contributed by atoms with Crippen LogP contribution in [0.3, 0.4) is 0 Å². The SMILES string of the molecule is COC(=O)C1(C)CCCC2(C)C1CCC13C=C4C(C)C(C4CC21)C1C(=O)OC(=O)C13. The molecule has 30 heavy (non-hydrogen) atoms. The smallest absolute Gasteiger partial charge is 0.318 e. The van der Waals surface area contributed by atoms with E-state index in [9.17, 15) is 14.4 Å². The van der Waals surface area contributed by atoms with Crippen LogP contribution in [0.2, 0.25) is 0 Å². The lowest BCUT2D eigenvalue weighted by molar-refractivity contribution is -0.185. The Bertz CT molecular complexity index is 905. The minimum atomic E-state index is -0.469. The van der Waals surface area contributed by atoms with E-state index in [0.717, 1.165) is 38.5 Å². The number of cyclic esters (lactones) is 2. The molecule has 0 N–H and O–H groups in total. The Morgan fingerprint density at radius 1 is 1.13 bits per heavy atom. The van der Waals surface area contributed by atoms with E-state index in [1.165, 1.54) is 12.7 Å². The van der Waals surface area contributed by atoms with Crippen LogP contribution in [-0.4, -0.2) is 25.0 Å². The van der Waals surface area contributed by atoms with Crippen molar-refractivity contribution < 1.29 is 23.9 Å². The first kappa shape index (κ1) is 19.1. The fourth-order valence-corrected chi connectivity index (χ4v) is 9.88. The normalized spacial score (nSPS) is 55.3. The number of ether oxygens (including phenoxy) is 2. The third-order valence-corrected chi connectivity index (χ3v) is 10.9. The molecule has 5 fully saturated rings. The van der Waals surface area contributed by atoms with E-state index < -0.39 is 5.41 Å². The van der Waals surface area contributed by atoms with Gasteiger partial charge in [0.2, 0.25) is 0 Å². The molecule has 0 aromatic rings. The van der Waals surface area contributed by atoms with E-state index in [0.29, 0.717) is 17.8 Å².